The number of benzene rings is 2. The highest BCUT2D eigenvalue weighted by atomic mass is 32.2. The van der Waals surface area contributed by atoms with Gasteiger partial charge >= 0.3 is 5.97 Å². The average molecular weight is 419 g/mol. The molecule has 148 valence electrons. The average Bonchev–Trinajstić information content (AvgIpc) is 3.09. The number of hydrogen-bond acceptors (Lipinski definition) is 8. The van der Waals surface area contributed by atoms with Crippen molar-refractivity contribution in [2.45, 2.75) is 9.79 Å². The molecule has 0 amide bonds. The molecular weight excluding hydrogens is 406 g/mol. The Hall–Kier alpha value is -4.28. The van der Waals surface area contributed by atoms with Crippen LogP contribution in [0.2, 0.25) is 0 Å². The molecule has 0 unspecified atom stereocenters. The predicted octanol–water partition coefficient (Wildman–Crippen LogP) is 3.65. The molecule has 2 aromatic carbocycles. The van der Waals surface area contributed by atoms with Gasteiger partial charge in [-0.15, -0.1) is 0 Å². The summed E-state index contributed by atoms with van der Waals surface area (Å²) in [6.45, 7) is 0. The zero-order valence-electron chi connectivity index (χ0n) is 15.5. The lowest BCUT2D eigenvalue weighted by Crippen LogP contribution is -2.11. The maximum atomic E-state index is 12.3. The monoisotopic (exact) mass is 419 g/mol. The van der Waals surface area contributed by atoms with Crippen molar-refractivity contribution < 1.29 is 14.5 Å². The molecule has 0 aliphatic carbocycles. The highest BCUT2D eigenvalue weighted by molar-refractivity contribution is 7.99. The fourth-order valence-corrected chi connectivity index (χ4v) is 3.78. The molecule has 0 radical (unpaired) electrons. The smallest absolute Gasteiger partial charge is 0.357 e. The number of nitriles is 2. The molecule has 30 heavy (non-hydrogen) atoms. The first-order valence-electron chi connectivity index (χ1n) is 8.36. The molecule has 3 aromatic rings. The molecule has 9 nitrogen and oxygen atoms in total. The van der Waals surface area contributed by atoms with E-state index in [1.165, 1.54) is 47.8 Å². The number of nitro groups is 1. The number of rotatable bonds is 5. The summed E-state index contributed by atoms with van der Waals surface area (Å²) < 4.78 is 6.26. The minimum atomic E-state index is -0.707. The summed E-state index contributed by atoms with van der Waals surface area (Å²) in [5.74, 6) is -0.707. The maximum absolute atomic E-state index is 12.3. The summed E-state index contributed by atoms with van der Waals surface area (Å²) in [6, 6.07) is 14.9. The summed E-state index contributed by atoms with van der Waals surface area (Å²) in [5, 5.41) is 29.7. The van der Waals surface area contributed by atoms with Crippen LogP contribution in [0.3, 0.4) is 0 Å². The summed E-state index contributed by atoms with van der Waals surface area (Å²) in [6.07, 6.45) is 1.43. The summed E-state index contributed by atoms with van der Waals surface area (Å²) in [5.41, 5.74) is 6.56. The Labute approximate surface area is 175 Å². The molecule has 0 saturated heterocycles. The van der Waals surface area contributed by atoms with Crippen LogP contribution in [0.25, 0.3) is 5.69 Å². The molecule has 10 heteroatoms. The number of carbonyl (C=O) groups excluding carboxylic acids is 1. The van der Waals surface area contributed by atoms with E-state index < -0.39 is 10.9 Å². The molecular formula is C20H13N5O4S. The van der Waals surface area contributed by atoms with Gasteiger partial charge in [-0.25, -0.2) is 4.79 Å². The zero-order chi connectivity index (χ0) is 21.8. The number of nitrogens with two attached hydrogens (primary N) is 1. The Bertz CT molecular complexity index is 1250. The van der Waals surface area contributed by atoms with E-state index in [2.05, 4.69) is 0 Å². The van der Waals surface area contributed by atoms with Gasteiger partial charge in [0.15, 0.2) is 5.69 Å². The number of esters is 1. The van der Waals surface area contributed by atoms with Gasteiger partial charge in [-0.1, -0.05) is 23.9 Å². The molecule has 1 heterocycles. The second-order valence-electron chi connectivity index (χ2n) is 5.90. The van der Waals surface area contributed by atoms with Gasteiger partial charge in [-0.3, -0.25) is 10.1 Å². The van der Waals surface area contributed by atoms with E-state index in [1.54, 1.807) is 24.3 Å². The molecule has 0 spiro atoms. The third kappa shape index (κ3) is 3.68. The number of anilines is 1. The number of hydrogen-bond donors (Lipinski definition) is 1. The van der Waals surface area contributed by atoms with Crippen LogP contribution in [0.1, 0.15) is 21.6 Å². The Morgan fingerprint density at radius 3 is 2.50 bits per heavy atom. The molecule has 2 N–H and O–H groups in total. The van der Waals surface area contributed by atoms with Crippen LogP contribution in [0.15, 0.2) is 58.5 Å². The van der Waals surface area contributed by atoms with Gasteiger partial charge in [0.25, 0.3) is 5.69 Å². The van der Waals surface area contributed by atoms with Gasteiger partial charge in [0.2, 0.25) is 0 Å². The molecule has 0 aliphatic rings. The molecule has 3 rings (SSSR count). The van der Waals surface area contributed by atoms with E-state index in [9.17, 15) is 25.4 Å². The highest BCUT2D eigenvalue weighted by Crippen LogP contribution is 2.37. The quantitative estimate of drug-likeness (QED) is 0.374. The van der Waals surface area contributed by atoms with Gasteiger partial charge in [-0.2, -0.15) is 10.5 Å². The second kappa shape index (κ2) is 8.39. The predicted molar refractivity (Wildman–Crippen MR) is 108 cm³/mol. The molecule has 0 saturated carbocycles. The first kappa shape index (κ1) is 20.5. The third-order valence-corrected chi connectivity index (χ3v) is 5.32. The van der Waals surface area contributed by atoms with Crippen molar-refractivity contribution in [3.8, 4) is 17.8 Å². The van der Waals surface area contributed by atoms with Crippen LogP contribution in [0, 0.1) is 32.8 Å². The van der Waals surface area contributed by atoms with Crippen molar-refractivity contribution in [1.29, 1.82) is 10.5 Å². The van der Waals surface area contributed by atoms with E-state index in [-0.39, 0.29) is 28.2 Å². The topological polar surface area (TPSA) is 148 Å². The minimum absolute atomic E-state index is 0.00259. The lowest BCUT2D eigenvalue weighted by Gasteiger charge is -2.13. The number of methoxy groups -OCH3 is 1. The number of nitrogen functional groups attached to an aromatic ring is 1. The standard InChI is InChI=1S/C20H13N5O4S/c1-29-20(26)19-18(23)13(10-22)11-24(19)15-4-2-3-5-17(15)30-16-7-6-14(25(27)28)8-12(16)9-21/h2-8,11H,23H2,1H3. The van der Waals surface area contributed by atoms with Crippen molar-refractivity contribution in [1.82, 2.24) is 4.57 Å². The van der Waals surface area contributed by atoms with Gasteiger partial charge < -0.3 is 15.0 Å². The number of para-hydroxylation sites is 1. The van der Waals surface area contributed by atoms with Crippen molar-refractivity contribution >= 4 is 29.1 Å². The first-order chi connectivity index (χ1) is 14.4. The summed E-state index contributed by atoms with van der Waals surface area (Å²) in [4.78, 5) is 23.8. The number of ether oxygens (including phenoxy) is 1. The fraction of sp³-hybridized carbons (Fsp3) is 0.0500. The largest absolute Gasteiger partial charge is 0.464 e. The number of nitrogens with zero attached hydrogens (tertiary/aromatic N) is 4. The van der Waals surface area contributed by atoms with Crippen molar-refractivity contribution in [3.63, 3.8) is 0 Å². The van der Waals surface area contributed by atoms with Gasteiger partial charge in [0.1, 0.15) is 12.1 Å². The van der Waals surface area contributed by atoms with Crippen molar-refractivity contribution in [2.75, 3.05) is 12.8 Å². The summed E-state index contributed by atoms with van der Waals surface area (Å²) >= 11 is 1.19. The lowest BCUT2D eigenvalue weighted by molar-refractivity contribution is -0.384. The van der Waals surface area contributed by atoms with Crippen LogP contribution >= 0.6 is 11.8 Å². The van der Waals surface area contributed by atoms with E-state index in [1.807, 2.05) is 12.1 Å². The minimum Gasteiger partial charge on any atom is -0.464 e. The Kier molecular flexibility index (Phi) is 5.72. The van der Waals surface area contributed by atoms with E-state index in [0.717, 1.165) is 0 Å². The number of non-ortho nitro benzene ring substituents is 1. The van der Waals surface area contributed by atoms with E-state index in [4.69, 9.17) is 10.5 Å². The van der Waals surface area contributed by atoms with E-state index >= 15 is 0 Å². The van der Waals surface area contributed by atoms with Crippen LogP contribution in [0.5, 0.6) is 0 Å². The number of aromatic nitrogens is 1. The van der Waals surface area contributed by atoms with Crippen molar-refractivity contribution in [2.24, 2.45) is 0 Å². The molecule has 0 fully saturated rings. The normalized spacial score (nSPS) is 10.1. The SMILES string of the molecule is COC(=O)c1c(N)c(C#N)cn1-c1ccccc1Sc1ccc([N+](=O)[O-])cc1C#N. The third-order valence-electron chi connectivity index (χ3n) is 4.18. The molecule has 0 aliphatic heterocycles. The van der Waals surface area contributed by atoms with E-state index in [0.29, 0.717) is 15.5 Å². The maximum Gasteiger partial charge on any atom is 0.357 e. The van der Waals surface area contributed by atoms with Gasteiger partial charge in [0.05, 0.1) is 34.5 Å². The van der Waals surface area contributed by atoms with Crippen molar-refractivity contribution in [3.05, 3.63) is 75.6 Å². The summed E-state index contributed by atoms with van der Waals surface area (Å²) in [7, 11) is 1.21. The second-order valence-corrected chi connectivity index (χ2v) is 6.98. The fourth-order valence-electron chi connectivity index (χ4n) is 2.77. The molecule has 0 bridgehead atoms. The van der Waals surface area contributed by atoms with Gasteiger partial charge in [0, 0.05) is 28.1 Å². The van der Waals surface area contributed by atoms with Crippen LogP contribution in [-0.2, 0) is 4.74 Å². The lowest BCUT2D eigenvalue weighted by atomic mass is 10.2. The van der Waals surface area contributed by atoms with Crippen LogP contribution < -0.4 is 5.73 Å². The Morgan fingerprint density at radius 1 is 1.17 bits per heavy atom. The number of nitro benzene ring substituents is 1. The molecule has 0 atom stereocenters. The molecule has 1 aromatic heterocycles. The van der Waals surface area contributed by atoms with Crippen LogP contribution in [-0.4, -0.2) is 22.6 Å². The van der Waals surface area contributed by atoms with Crippen LogP contribution in [0.4, 0.5) is 11.4 Å². The number of carbonyl (C=O) groups is 1. The van der Waals surface area contributed by atoms with Gasteiger partial charge in [-0.05, 0) is 18.2 Å². The highest BCUT2D eigenvalue weighted by Gasteiger charge is 2.23. The Balaban J connectivity index is 2.14. The first-order valence-corrected chi connectivity index (χ1v) is 9.18. The Morgan fingerprint density at radius 2 is 1.87 bits per heavy atom. The zero-order valence-corrected chi connectivity index (χ0v) is 16.3.